The van der Waals surface area contributed by atoms with Gasteiger partial charge in [0.1, 0.15) is 5.82 Å². The van der Waals surface area contributed by atoms with Gasteiger partial charge in [-0.2, -0.15) is 0 Å². The van der Waals surface area contributed by atoms with Gasteiger partial charge >= 0.3 is 0 Å². The highest BCUT2D eigenvalue weighted by Crippen LogP contribution is 2.16. The van der Waals surface area contributed by atoms with Crippen LogP contribution in [0.15, 0.2) is 59.6 Å². The predicted molar refractivity (Wildman–Crippen MR) is 96.9 cm³/mol. The summed E-state index contributed by atoms with van der Waals surface area (Å²) in [5.74, 6) is -0.484. The van der Waals surface area contributed by atoms with Crippen molar-refractivity contribution in [2.45, 2.75) is 26.8 Å². The molecule has 5 heteroatoms. The van der Waals surface area contributed by atoms with Gasteiger partial charge in [-0.15, -0.1) is 0 Å². The van der Waals surface area contributed by atoms with Crippen LogP contribution in [0.2, 0.25) is 0 Å². The molecule has 0 fully saturated rings. The molecule has 0 bridgehead atoms. The molecule has 2 rings (SSSR count). The Labute approximate surface area is 147 Å². The number of benzene rings is 2. The molecule has 25 heavy (non-hydrogen) atoms. The van der Waals surface area contributed by atoms with E-state index >= 15 is 0 Å². The Morgan fingerprint density at radius 3 is 2.32 bits per heavy atom. The highest BCUT2D eigenvalue weighted by atomic mass is 19.1. The molecule has 1 atom stereocenters. The summed E-state index contributed by atoms with van der Waals surface area (Å²) in [5.41, 5.74) is 1.36. The fourth-order valence-corrected chi connectivity index (χ4v) is 2.10. The molecule has 2 aromatic carbocycles. The molecule has 0 aliphatic heterocycles. The maximum absolute atomic E-state index is 13.0. The van der Waals surface area contributed by atoms with Crippen molar-refractivity contribution in [3.63, 3.8) is 0 Å². The van der Waals surface area contributed by atoms with Crippen molar-refractivity contribution < 1.29 is 13.9 Å². The van der Waals surface area contributed by atoms with Crippen LogP contribution in [0, 0.1) is 11.7 Å². The fraction of sp³-hybridized carbons (Fsp3) is 0.300. The van der Waals surface area contributed by atoms with E-state index in [9.17, 15) is 9.18 Å². The molecule has 132 valence electrons. The smallest absolute Gasteiger partial charge is 0.292 e. The number of aliphatic imine (C=N–C) groups is 1. The first-order valence-electron chi connectivity index (χ1n) is 8.28. The number of carbonyl (C=O) groups is 1. The lowest BCUT2D eigenvalue weighted by Gasteiger charge is -2.15. The minimum absolute atomic E-state index is 0.166. The molecule has 0 unspecified atom stereocenters. The lowest BCUT2D eigenvalue weighted by Crippen LogP contribution is -2.33. The highest BCUT2D eigenvalue weighted by molar-refractivity contribution is 6.04. The number of nitrogens with zero attached hydrogens (tertiary/aromatic N) is 1. The summed E-state index contributed by atoms with van der Waals surface area (Å²) in [7, 11) is 0. The maximum atomic E-state index is 13.0. The summed E-state index contributed by atoms with van der Waals surface area (Å²) in [4.78, 5) is 16.8. The number of amides is 1. The van der Waals surface area contributed by atoms with E-state index in [1.807, 2.05) is 51.1 Å². The second kappa shape index (κ2) is 8.97. The first kappa shape index (κ1) is 18.6. The summed E-state index contributed by atoms with van der Waals surface area (Å²) in [6.45, 7) is 6.39. The standard InChI is InChI=1S/C20H23FN2O2/c1-14(2)13-25-20(22-15(3)16-7-5-4-6-8-16)23-19(24)17-9-11-18(21)12-10-17/h4-12,14-15H,13H2,1-3H3,(H,22,23,24)/t15-/m1/s1. The zero-order valence-electron chi connectivity index (χ0n) is 14.7. The molecule has 1 N–H and O–H groups in total. The van der Waals surface area contributed by atoms with E-state index in [1.165, 1.54) is 24.3 Å². The first-order chi connectivity index (χ1) is 12.0. The Morgan fingerprint density at radius 2 is 1.72 bits per heavy atom. The van der Waals surface area contributed by atoms with Crippen molar-refractivity contribution >= 4 is 11.9 Å². The molecule has 4 nitrogen and oxygen atoms in total. The fourth-order valence-electron chi connectivity index (χ4n) is 2.10. The van der Waals surface area contributed by atoms with Crippen LogP contribution >= 0.6 is 0 Å². The largest absolute Gasteiger partial charge is 0.465 e. The quantitative estimate of drug-likeness (QED) is 0.649. The monoisotopic (exact) mass is 342 g/mol. The second-order valence-corrected chi connectivity index (χ2v) is 6.19. The minimum atomic E-state index is -0.390. The lowest BCUT2D eigenvalue weighted by atomic mass is 10.1. The van der Waals surface area contributed by atoms with Crippen molar-refractivity contribution in [2.24, 2.45) is 10.9 Å². The Hall–Kier alpha value is -2.69. The van der Waals surface area contributed by atoms with E-state index < -0.39 is 0 Å². The van der Waals surface area contributed by atoms with Gasteiger partial charge < -0.3 is 4.74 Å². The van der Waals surface area contributed by atoms with Crippen LogP contribution < -0.4 is 5.32 Å². The number of ether oxygens (including phenoxy) is 1. The van der Waals surface area contributed by atoms with E-state index in [-0.39, 0.29) is 23.8 Å². The lowest BCUT2D eigenvalue weighted by molar-refractivity contribution is 0.0963. The second-order valence-electron chi connectivity index (χ2n) is 6.19. The average Bonchev–Trinajstić information content (AvgIpc) is 2.60. The number of amidine groups is 1. The molecule has 0 aliphatic carbocycles. The maximum Gasteiger partial charge on any atom is 0.292 e. The van der Waals surface area contributed by atoms with Gasteiger partial charge in [-0.1, -0.05) is 44.2 Å². The molecule has 1 amide bonds. The Bertz CT molecular complexity index is 712. The zero-order chi connectivity index (χ0) is 18.2. The highest BCUT2D eigenvalue weighted by Gasteiger charge is 2.13. The molecule has 0 aromatic heterocycles. The van der Waals surface area contributed by atoms with Gasteiger partial charge in [0.2, 0.25) is 0 Å². The Morgan fingerprint density at radius 1 is 1.08 bits per heavy atom. The number of nitrogens with one attached hydrogen (secondary N) is 1. The van der Waals surface area contributed by atoms with Crippen molar-refractivity contribution in [3.05, 3.63) is 71.5 Å². The van der Waals surface area contributed by atoms with Gasteiger partial charge in [0.25, 0.3) is 11.9 Å². The molecular weight excluding hydrogens is 319 g/mol. The van der Waals surface area contributed by atoms with Crippen LogP contribution in [0.25, 0.3) is 0 Å². The third-order valence-corrected chi connectivity index (χ3v) is 3.47. The zero-order valence-corrected chi connectivity index (χ0v) is 14.7. The van der Waals surface area contributed by atoms with Gasteiger partial charge in [-0.25, -0.2) is 9.38 Å². The number of hydrogen-bond donors (Lipinski definition) is 1. The van der Waals surface area contributed by atoms with Crippen molar-refractivity contribution in [2.75, 3.05) is 6.61 Å². The van der Waals surface area contributed by atoms with E-state index in [1.54, 1.807) is 0 Å². The van der Waals surface area contributed by atoms with Crippen LogP contribution in [0.3, 0.4) is 0 Å². The van der Waals surface area contributed by atoms with Crippen LogP contribution in [0.4, 0.5) is 4.39 Å². The van der Waals surface area contributed by atoms with Crippen LogP contribution in [-0.2, 0) is 4.74 Å². The topological polar surface area (TPSA) is 50.7 Å². The van der Waals surface area contributed by atoms with Gasteiger partial charge in [0, 0.05) is 5.56 Å². The third-order valence-electron chi connectivity index (χ3n) is 3.47. The summed E-state index contributed by atoms with van der Waals surface area (Å²) in [6.07, 6.45) is 0. The first-order valence-corrected chi connectivity index (χ1v) is 8.28. The summed E-state index contributed by atoms with van der Waals surface area (Å²) >= 11 is 0. The van der Waals surface area contributed by atoms with E-state index in [0.717, 1.165) is 5.56 Å². The Kier molecular flexibility index (Phi) is 6.69. The molecule has 0 saturated heterocycles. The SMILES string of the molecule is CC(C)COC(=N[C@H](C)c1ccccc1)NC(=O)c1ccc(F)cc1. The molecule has 0 radical (unpaired) electrons. The van der Waals surface area contributed by atoms with Crippen molar-refractivity contribution in [1.82, 2.24) is 5.32 Å². The average molecular weight is 342 g/mol. The molecular formula is C20H23FN2O2. The van der Waals surface area contributed by atoms with Crippen LogP contribution in [-0.4, -0.2) is 18.5 Å². The number of rotatable bonds is 5. The molecule has 0 spiro atoms. The molecule has 2 aromatic rings. The molecule has 0 saturated carbocycles. The molecule has 0 heterocycles. The summed E-state index contributed by atoms with van der Waals surface area (Å²) in [5, 5.41) is 2.68. The molecule has 0 aliphatic rings. The van der Waals surface area contributed by atoms with E-state index in [2.05, 4.69) is 10.3 Å². The van der Waals surface area contributed by atoms with Crippen LogP contribution in [0.5, 0.6) is 0 Å². The normalized spacial score (nSPS) is 12.8. The van der Waals surface area contributed by atoms with Crippen molar-refractivity contribution in [3.8, 4) is 0 Å². The predicted octanol–water partition coefficient (Wildman–Crippen LogP) is 4.35. The van der Waals surface area contributed by atoms with Gasteiger partial charge in [-0.3, -0.25) is 10.1 Å². The third kappa shape index (κ3) is 6.03. The minimum Gasteiger partial charge on any atom is -0.465 e. The van der Waals surface area contributed by atoms with Gasteiger partial charge in [0.05, 0.1) is 12.6 Å². The van der Waals surface area contributed by atoms with E-state index in [4.69, 9.17) is 4.74 Å². The number of carbonyl (C=O) groups excluding carboxylic acids is 1. The summed E-state index contributed by atoms with van der Waals surface area (Å²) < 4.78 is 18.7. The van der Waals surface area contributed by atoms with E-state index in [0.29, 0.717) is 18.1 Å². The number of hydrogen-bond acceptors (Lipinski definition) is 3. The van der Waals surface area contributed by atoms with Crippen LogP contribution in [0.1, 0.15) is 42.7 Å². The Balaban J connectivity index is 2.15. The number of halogens is 1. The summed E-state index contributed by atoms with van der Waals surface area (Å²) in [6, 6.07) is 15.1. The van der Waals surface area contributed by atoms with Crippen molar-refractivity contribution in [1.29, 1.82) is 0 Å². The van der Waals surface area contributed by atoms with Gasteiger partial charge in [0.15, 0.2) is 0 Å². The van der Waals surface area contributed by atoms with Gasteiger partial charge in [-0.05, 0) is 42.7 Å².